The fraction of sp³-hybridized carbons (Fsp3) is 0.708. The predicted molar refractivity (Wildman–Crippen MR) is 116 cm³/mol. The van der Waals surface area contributed by atoms with E-state index in [0.29, 0.717) is 11.6 Å². The molecule has 4 nitrogen and oxygen atoms in total. The lowest BCUT2D eigenvalue weighted by Gasteiger charge is -2.45. The van der Waals surface area contributed by atoms with Crippen LogP contribution in [0.5, 0.6) is 5.75 Å². The zero-order chi connectivity index (χ0) is 20.1. The summed E-state index contributed by atoms with van der Waals surface area (Å²) in [4.78, 5) is 13.9. The normalized spacial score (nSPS) is 26.9. The molecule has 28 heavy (non-hydrogen) atoms. The summed E-state index contributed by atoms with van der Waals surface area (Å²) < 4.78 is 0. The first-order valence-corrected chi connectivity index (χ1v) is 11.2. The molecule has 0 radical (unpaired) electrons. The van der Waals surface area contributed by atoms with Gasteiger partial charge in [0.15, 0.2) is 0 Å². The van der Waals surface area contributed by atoms with Gasteiger partial charge in [0.1, 0.15) is 5.75 Å². The highest BCUT2D eigenvalue weighted by Crippen LogP contribution is 2.41. The van der Waals surface area contributed by atoms with Crippen LogP contribution in [0.3, 0.4) is 0 Å². The number of rotatable bonds is 6. The number of aromatic hydroxyl groups is 1. The number of phenols is 1. The van der Waals surface area contributed by atoms with Gasteiger partial charge < -0.3 is 15.3 Å². The minimum atomic E-state index is -0.163. The summed E-state index contributed by atoms with van der Waals surface area (Å²) in [5.41, 5.74) is 1.73. The molecule has 1 aliphatic heterocycles. The molecule has 0 bridgehead atoms. The molecule has 4 heteroatoms. The number of carbonyl (C=O) groups is 1. The minimum Gasteiger partial charge on any atom is -0.506 e. The van der Waals surface area contributed by atoms with Crippen LogP contribution in [0.25, 0.3) is 0 Å². The molecule has 2 atom stereocenters. The molecule has 0 spiro atoms. The fourth-order valence-corrected chi connectivity index (χ4v) is 5.21. The first kappa shape index (κ1) is 21.2. The van der Waals surface area contributed by atoms with Crippen LogP contribution in [-0.2, 0) is 10.2 Å². The van der Waals surface area contributed by atoms with Crippen molar-refractivity contribution >= 4 is 11.6 Å². The van der Waals surface area contributed by atoms with E-state index in [1.54, 1.807) is 0 Å². The standard InChI is InChI=1S/C24H38N2O2/c1-18-17-26(14-7-10-20-8-5-4-6-9-20)15-13-24(18,3)21-11-12-22(23(28)16-21)25-19(2)27/h11-12,16,18,20,28H,4-10,13-15,17H2,1-3H3,(H,25,27)/t18-,24-/m0/s1. The van der Waals surface area contributed by atoms with Gasteiger partial charge in [-0.05, 0) is 67.3 Å². The molecule has 1 aliphatic carbocycles. The second-order valence-electron chi connectivity index (χ2n) is 9.43. The Bertz CT molecular complexity index is 669. The maximum atomic E-state index is 11.3. The number of amides is 1. The Labute approximate surface area is 170 Å². The number of phenolic OH excluding ortho intramolecular Hbond substituents is 1. The van der Waals surface area contributed by atoms with Gasteiger partial charge in [-0.3, -0.25) is 4.79 Å². The predicted octanol–water partition coefficient (Wildman–Crippen LogP) is 5.31. The first-order chi connectivity index (χ1) is 13.4. The third-order valence-corrected chi connectivity index (χ3v) is 7.35. The second-order valence-corrected chi connectivity index (χ2v) is 9.43. The van der Waals surface area contributed by atoms with Crippen molar-refractivity contribution in [1.29, 1.82) is 0 Å². The van der Waals surface area contributed by atoms with Gasteiger partial charge in [-0.15, -0.1) is 0 Å². The van der Waals surface area contributed by atoms with E-state index < -0.39 is 0 Å². The van der Waals surface area contributed by atoms with Crippen molar-refractivity contribution in [2.75, 3.05) is 25.0 Å². The summed E-state index contributed by atoms with van der Waals surface area (Å²) in [6.07, 6.45) is 11.1. The molecule has 1 saturated heterocycles. The lowest BCUT2D eigenvalue weighted by molar-refractivity contribution is -0.114. The maximum absolute atomic E-state index is 11.3. The smallest absolute Gasteiger partial charge is 0.221 e. The highest BCUT2D eigenvalue weighted by molar-refractivity contribution is 5.90. The lowest BCUT2D eigenvalue weighted by atomic mass is 9.68. The monoisotopic (exact) mass is 386 g/mol. The van der Waals surface area contributed by atoms with E-state index in [1.165, 1.54) is 64.0 Å². The number of piperidine rings is 1. The average Bonchev–Trinajstić information content (AvgIpc) is 2.67. The van der Waals surface area contributed by atoms with E-state index in [-0.39, 0.29) is 17.1 Å². The summed E-state index contributed by atoms with van der Waals surface area (Å²) in [7, 11) is 0. The highest BCUT2D eigenvalue weighted by Gasteiger charge is 2.38. The Kier molecular flexibility index (Phi) is 7.03. The Hall–Kier alpha value is -1.55. The van der Waals surface area contributed by atoms with Crippen molar-refractivity contribution in [2.24, 2.45) is 11.8 Å². The molecule has 1 amide bonds. The summed E-state index contributed by atoms with van der Waals surface area (Å²) in [6, 6.07) is 5.75. The van der Waals surface area contributed by atoms with Crippen LogP contribution in [0, 0.1) is 11.8 Å². The molecular weight excluding hydrogens is 348 g/mol. The fourth-order valence-electron chi connectivity index (χ4n) is 5.21. The number of nitrogens with zero attached hydrogens (tertiary/aromatic N) is 1. The summed E-state index contributed by atoms with van der Waals surface area (Å²) >= 11 is 0. The van der Waals surface area contributed by atoms with Gasteiger partial charge in [0, 0.05) is 13.5 Å². The Morgan fingerprint density at radius 3 is 2.68 bits per heavy atom. The van der Waals surface area contributed by atoms with Crippen molar-refractivity contribution in [3.05, 3.63) is 23.8 Å². The topological polar surface area (TPSA) is 52.6 Å². The van der Waals surface area contributed by atoms with Crippen LogP contribution in [0.2, 0.25) is 0 Å². The number of anilines is 1. The average molecular weight is 387 g/mol. The molecule has 1 aromatic rings. The van der Waals surface area contributed by atoms with Crippen LogP contribution >= 0.6 is 0 Å². The van der Waals surface area contributed by atoms with Crippen molar-refractivity contribution in [2.45, 2.75) is 77.6 Å². The first-order valence-electron chi connectivity index (χ1n) is 11.2. The molecule has 2 N–H and O–H groups in total. The number of hydrogen-bond donors (Lipinski definition) is 2. The summed E-state index contributed by atoms with van der Waals surface area (Å²) in [6.45, 7) is 9.59. The number of nitrogens with one attached hydrogen (secondary N) is 1. The SMILES string of the molecule is CC(=O)Nc1ccc([C@@]2(C)CCN(CCCC3CCCCC3)C[C@@H]2C)cc1O. The van der Waals surface area contributed by atoms with E-state index in [4.69, 9.17) is 0 Å². The molecule has 1 aromatic carbocycles. The Morgan fingerprint density at radius 1 is 1.29 bits per heavy atom. The minimum absolute atomic E-state index is 0.0616. The highest BCUT2D eigenvalue weighted by atomic mass is 16.3. The number of likely N-dealkylation sites (tertiary alicyclic amines) is 1. The molecule has 1 heterocycles. The van der Waals surface area contributed by atoms with Gasteiger partial charge in [-0.1, -0.05) is 52.0 Å². The Morgan fingerprint density at radius 2 is 2.04 bits per heavy atom. The molecule has 2 fully saturated rings. The van der Waals surface area contributed by atoms with Gasteiger partial charge >= 0.3 is 0 Å². The molecule has 156 valence electrons. The maximum Gasteiger partial charge on any atom is 0.221 e. The van der Waals surface area contributed by atoms with Crippen LogP contribution in [-0.4, -0.2) is 35.5 Å². The van der Waals surface area contributed by atoms with E-state index in [1.807, 2.05) is 12.1 Å². The summed E-state index contributed by atoms with van der Waals surface area (Å²) in [5, 5.41) is 13.0. The van der Waals surface area contributed by atoms with Crippen molar-refractivity contribution in [1.82, 2.24) is 4.90 Å². The molecular formula is C24H38N2O2. The van der Waals surface area contributed by atoms with Crippen LogP contribution < -0.4 is 5.32 Å². The van der Waals surface area contributed by atoms with Crippen molar-refractivity contribution in [3.8, 4) is 5.75 Å². The second kappa shape index (κ2) is 9.30. The molecule has 0 unspecified atom stereocenters. The quantitative estimate of drug-likeness (QED) is 0.651. The van der Waals surface area contributed by atoms with E-state index in [9.17, 15) is 9.90 Å². The third kappa shape index (κ3) is 5.08. The van der Waals surface area contributed by atoms with Gasteiger partial charge in [-0.25, -0.2) is 0 Å². The molecule has 0 aromatic heterocycles. The van der Waals surface area contributed by atoms with Crippen LogP contribution in [0.15, 0.2) is 18.2 Å². The van der Waals surface area contributed by atoms with Crippen molar-refractivity contribution in [3.63, 3.8) is 0 Å². The van der Waals surface area contributed by atoms with Crippen LogP contribution in [0.1, 0.15) is 77.7 Å². The van der Waals surface area contributed by atoms with E-state index in [2.05, 4.69) is 30.1 Å². The molecule has 1 saturated carbocycles. The third-order valence-electron chi connectivity index (χ3n) is 7.35. The van der Waals surface area contributed by atoms with Crippen LogP contribution in [0.4, 0.5) is 5.69 Å². The molecule has 3 rings (SSSR count). The van der Waals surface area contributed by atoms with Gasteiger partial charge in [0.25, 0.3) is 0 Å². The zero-order valence-corrected chi connectivity index (χ0v) is 18.0. The van der Waals surface area contributed by atoms with Crippen molar-refractivity contribution < 1.29 is 9.90 Å². The van der Waals surface area contributed by atoms with Gasteiger partial charge in [0.05, 0.1) is 5.69 Å². The number of carbonyl (C=O) groups excluding carboxylic acids is 1. The van der Waals surface area contributed by atoms with Gasteiger partial charge in [-0.2, -0.15) is 0 Å². The Balaban J connectivity index is 1.54. The number of hydrogen-bond acceptors (Lipinski definition) is 3. The number of benzene rings is 1. The van der Waals surface area contributed by atoms with E-state index >= 15 is 0 Å². The van der Waals surface area contributed by atoms with Gasteiger partial charge in [0.2, 0.25) is 5.91 Å². The molecule has 2 aliphatic rings. The zero-order valence-electron chi connectivity index (χ0n) is 18.0. The van der Waals surface area contributed by atoms with E-state index in [0.717, 1.165) is 25.4 Å². The largest absolute Gasteiger partial charge is 0.506 e. The lowest BCUT2D eigenvalue weighted by Crippen LogP contribution is -2.47. The summed E-state index contributed by atoms with van der Waals surface area (Å²) in [5.74, 6) is 1.51.